The molecule has 2 aromatic carbocycles. The summed E-state index contributed by atoms with van der Waals surface area (Å²) in [5.41, 5.74) is 2.91. The Morgan fingerprint density at radius 3 is 1.35 bits per heavy atom. The Morgan fingerprint density at radius 1 is 0.650 bits per heavy atom. The zero-order chi connectivity index (χ0) is 14.5. The van der Waals surface area contributed by atoms with Gasteiger partial charge in [-0.05, 0) is 61.2 Å². The molecule has 106 valence electrons. The molecule has 0 radical (unpaired) electrons. The van der Waals surface area contributed by atoms with Gasteiger partial charge in [-0.1, -0.05) is 64.4 Å². The van der Waals surface area contributed by atoms with Gasteiger partial charge >= 0.3 is 0 Å². The summed E-state index contributed by atoms with van der Waals surface area (Å²) in [4.78, 5) is 0. The van der Waals surface area contributed by atoms with E-state index in [9.17, 15) is 0 Å². The fourth-order valence-corrected chi connectivity index (χ4v) is 7.44. The molecule has 0 N–H and O–H groups in total. The van der Waals surface area contributed by atoms with E-state index in [1.165, 1.54) is 23.5 Å². The molecule has 2 rings (SSSR count). The lowest BCUT2D eigenvalue weighted by atomic mass is 10.2. The Labute approximate surface area is 126 Å². The van der Waals surface area contributed by atoms with Gasteiger partial charge in [0.2, 0.25) is 0 Å². The Balaban J connectivity index is 1.99. The Bertz CT molecular complexity index is 511. The van der Waals surface area contributed by atoms with Crippen LogP contribution < -0.4 is 10.6 Å². The van der Waals surface area contributed by atoms with Gasteiger partial charge in [0.1, 0.15) is 0 Å². The van der Waals surface area contributed by atoms with Crippen LogP contribution in [-0.4, -0.2) is 25.7 Å². The van der Waals surface area contributed by atoms with Crippen LogP contribution in [-0.2, 0) is 0 Å². The summed E-state index contributed by atoms with van der Waals surface area (Å²) in [6.07, 6.45) is 2.69. The predicted molar refractivity (Wildman–Crippen MR) is 97.0 cm³/mol. The second-order valence-corrected chi connectivity index (χ2v) is 10.1. The Morgan fingerprint density at radius 2 is 1.00 bits per heavy atom. The summed E-state index contributed by atoms with van der Waals surface area (Å²) < 4.78 is 0. The van der Waals surface area contributed by atoms with Crippen LogP contribution in [0.25, 0.3) is 0 Å². The van der Waals surface area contributed by atoms with E-state index in [4.69, 9.17) is 0 Å². The summed E-state index contributed by atoms with van der Waals surface area (Å²) in [6.45, 7) is 9.34. The number of hydrogen-bond acceptors (Lipinski definition) is 0. The summed E-state index contributed by atoms with van der Waals surface area (Å²) in [7, 11) is -0.0256. The standard InChI is InChI=1S/C18H24P2/c1-15-9-5-7-11-17(15)19(3)13-14-20(4)18-12-8-6-10-16(18)2/h5-12H,13-14H2,1-4H3/t19-,20?/m0/s1. The van der Waals surface area contributed by atoms with Gasteiger partial charge in [0, 0.05) is 0 Å². The molecule has 2 heteroatoms. The van der Waals surface area contributed by atoms with Crippen LogP contribution in [0.15, 0.2) is 48.5 Å². The van der Waals surface area contributed by atoms with Crippen LogP contribution in [0.3, 0.4) is 0 Å². The van der Waals surface area contributed by atoms with Crippen LogP contribution >= 0.6 is 15.8 Å². The maximum absolute atomic E-state index is 2.43. The van der Waals surface area contributed by atoms with Gasteiger partial charge in [-0.15, -0.1) is 0 Å². The van der Waals surface area contributed by atoms with Gasteiger partial charge in [-0.3, -0.25) is 0 Å². The van der Waals surface area contributed by atoms with E-state index in [1.54, 1.807) is 10.6 Å². The first-order chi connectivity index (χ1) is 9.59. The van der Waals surface area contributed by atoms with Gasteiger partial charge in [-0.25, -0.2) is 0 Å². The SMILES string of the molecule is Cc1ccccc1P(C)CC[P@](C)c1ccccc1C. The first kappa shape index (κ1) is 15.7. The predicted octanol–water partition coefficient (Wildman–Crippen LogP) is 4.48. The molecule has 0 heterocycles. The van der Waals surface area contributed by atoms with Crippen LogP contribution in [0, 0.1) is 13.8 Å². The quantitative estimate of drug-likeness (QED) is 0.715. The molecule has 0 aliphatic heterocycles. The molecule has 1 unspecified atom stereocenters. The van der Waals surface area contributed by atoms with Crippen molar-refractivity contribution in [3.63, 3.8) is 0 Å². The molecule has 2 atom stereocenters. The molecule has 0 saturated carbocycles. The minimum Gasteiger partial charge on any atom is -0.0779 e. The normalized spacial score (nSPS) is 14.0. The molecule has 0 bridgehead atoms. The average Bonchev–Trinajstić information content (AvgIpc) is 2.45. The number of hydrogen-bond donors (Lipinski definition) is 0. The van der Waals surface area contributed by atoms with Crippen molar-refractivity contribution in [2.45, 2.75) is 13.8 Å². The lowest BCUT2D eigenvalue weighted by molar-refractivity contribution is 1.46. The molecule has 0 aromatic heterocycles. The number of aryl methyl sites for hydroxylation is 2. The lowest BCUT2D eigenvalue weighted by Crippen LogP contribution is -2.11. The maximum Gasteiger partial charge on any atom is -0.0214 e. The highest BCUT2D eigenvalue weighted by Crippen LogP contribution is 2.38. The van der Waals surface area contributed by atoms with Crippen molar-refractivity contribution in [1.29, 1.82) is 0 Å². The zero-order valence-electron chi connectivity index (χ0n) is 12.9. The van der Waals surface area contributed by atoms with E-state index < -0.39 is 0 Å². The molecule has 0 aliphatic rings. The smallest absolute Gasteiger partial charge is 0.0214 e. The number of benzene rings is 2. The fourth-order valence-electron chi connectivity index (χ4n) is 2.52. The summed E-state index contributed by atoms with van der Waals surface area (Å²) >= 11 is 0. The molecule has 2 aromatic rings. The van der Waals surface area contributed by atoms with Crippen LogP contribution in [0.1, 0.15) is 11.1 Å². The molecule has 0 aliphatic carbocycles. The van der Waals surface area contributed by atoms with E-state index in [0.29, 0.717) is 0 Å². The van der Waals surface area contributed by atoms with Crippen molar-refractivity contribution < 1.29 is 0 Å². The van der Waals surface area contributed by atoms with Crippen molar-refractivity contribution in [3.8, 4) is 0 Å². The van der Waals surface area contributed by atoms with Crippen molar-refractivity contribution >= 4 is 26.5 Å². The third-order valence-corrected chi connectivity index (χ3v) is 8.61. The van der Waals surface area contributed by atoms with E-state index in [0.717, 1.165) is 0 Å². The van der Waals surface area contributed by atoms with Crippen LogP contribution in [0.5, 0.6) is 0 Å². The molecular formula is C18H24P2. The van der Waals surface area contributed by atoms with Gasteiger partial charge in [-0.2, -0.15) is 0 Å². The highest BCUT2D eigenvalue weighted by atomic mass is 31.1. The van der Waals surface area contributed by atoms with Gasteiger partial charge in [0.15, 0.2) is 0 Å². The summed E-state index contributed by atoms with van der Waals surface area (Å²) in [5.74, 6) is 0. The maximum atomic E-state index is 2.43. The molecule has 0 amide bonds. The van der Waals surface area contributed by atoms with Crippen molar-refractivity contribution in [2.24, 2.45) is 0 Å². The monoisotopic (exact) mass is 302 g/mol. The highest BCUT2D eigenvalue weighted by molar-refractivity contribution is 7.68. The zero-order valence-corrected chi connectivity index (χ0v) is 14.7. The first-order valence-electron chi connectivity index (χ1n) is 7.13. The van der Waals surface area contributed by atoms with E-state index in [-0.39, 0.29) is 15.8 Å². The molecule has 0 spiro atoms. The Kier molecular flexibility index (Phi) is 5.76. The molecule has 0 saturated heterocycles. The second kappa shape index (κ2) is 7.35. The second-order valence-electron chi connectivity index (χ2n) is 5.42. The minimum atomic E-state index is -0.0128. The molecule has 20 heavy (non-hydrogen) atoms. The summed E-state index contributed by atoms with van der Waals surface area (Å²) in [5, 5.41) is 3.16. The van der Waals surface area contributed by atoms with Crippen LogP contribution in [0.4, 0.5) is 0 Å². The van der Waals surface area contributed by atoms with E-state index in [1.807, 2.05) is 0 Å². The minimum absolute atomic E-state index is 0.0128. The first-order valence-corrected chi connectivity index (χ1v) is 11.1. The topological polar surface area (TPSA) is 0 Å². The van der Waals surface area contributed by atoms with Gasteiger partial charge < -0.3 is 0 Å². The molecular weight excluding hydrogens is 278 g/mol. The van der Waals surface area contributed by atoms with Crippen molar-refractivity contribution in [2.75, 3.05) is 25.7 Å². The third-order valence-electron chi connectivity index (χ3n) is 3.82. The van der Waals surface area contributed by atoms with Crippen molar-refractivity contribution in [3.05, 3.63) is 59.7 Å². The lowest BCUT2D eigenvalue weighted by Gasteiger charge is -2.19. The third kappa shape index (κ3) is 3.91. The molecule has 0 nitrogen and oxygen atoms in total. The van der Waals surface area contributed by atoms with E-state index >= 15 is 0 Å². The summed E-state index contributed by atoms with van der Waals surface area (Å²) in [6, 6.07) is 17.7. The fraction of sp³-hybridized carbons (Fsp3) is 0.333. The number of rotatable bonds is 5. The average molecular weight is 302 g/mol. The Hall–Kier alpha value is -0.700. The molecule has 0 fully saturated rings. The highest BCUT2D eigenvalue weighted by Gasteiger charge is 2.12. The van der Waals surface area contributed by atoms with Crippen molar-refractivity contribution in [1.82, 2.24) is 0 Å². The van der Waals surface area contributed by atoms with Crippen LogP contribution in [0.2, 0.25) is 0 Å². The largest absolute Gasteiger partial charge is 0.0779 e. The van der Waals surface area contributed by atoms with Gasteiger partial charge in [0.25, 0.3) is 0 Å². The van der Waals surface area contributed by atoms with Gasteiger partial charge in [0.05, 0.1) is 0 Å². The van der Waals surface area contributed by atoms with E-state index in [2.05, 4.69) is 75.7 Å².